The maximum absolute atomic E-state index is 8.24. The second kappa shape index (κ2) is 5.45. The molecule has 0 bridgehead atoms. The number of rotatable bonds is 4. The fourth-order valence-corrected chi connectivity index (χ4v) is 0.523. The molecule has 0 amide bonds. The van der Waals surface area contributed by atoms with E-state index in [2.05, 4.69) is 22.6 Å². The molecular weight excluding hydrogens is 168 g/mol. The van der Waals surface area contributed by atoms with Crippen molar-refractivity contribution in [1.29, 1.82) is 10.5 Å². The van der Waals surface area contributed by atoms with Crippen LogP contribution in [-0.4, -0.2) is 0 Å². The van der Waals surface area contributed by atoms with E-state index >= 15 is 0 Å². The Hall–Kier alpha value is -2.20. The van der Waals surface area contributed by atoms with Crippen LogP contribution in [0, 0.1) is 23.0 Å². The summed E-state index contributed by atoms with van der Waals surface area (Å²) in [5, 5.41) is 16.4. The van der Waals surface area contributed by atoms with Crippen LogP contribution in [0.15, 0.2) is 36.3 Å². The number of hydrogen-bond acceptors (Lipinski definition) is 4. The van der Waals surface area contributed by atoms with Gasteiger partial charge in [-0.2, -0.15) is 0 Å². The topological polar surface area (TPSA) is 66.0 Å². The van der Waals surface area contributed by atoms with Gasteiger partial charge in [-0.3, -0.25) is 0 Å². The highest BCUT2D eigenvalue weighted by Crippen LogP contribution is 2.11. The zero-order valence-electron chi connectivity index (χ0n) is 7.20. The van der Waals surface area contributed by atoms with Crippen molar-refractivity contribution in [2.45, 2.75) is 6.92 Å². The maximum atomic E-state index is 8.24. The lowest BCUT2D eigenvalue weighted by atomic mass is 10.2. The van der Waals surface area contributed by atoms with Crippen LogP contribution in [-0.2, 0) is 9.47 Å². The Labute approximate surface area is 76.6 Å². The lowest BCUT2D eigenvalue weighted by Crippen LogP contribution is -1.89. The SMILES string of the molecule is C=C(/C=C(/OC#N)C(=C)C)OC#N. The smallest absolute Gasteiger partial charge is 0.292 e. The van der Waals surface area contributed by atoms with Gasteiger partial charge in [-0.15, -0.1) is 10.5 Å². The Morgan fingerprint density at radius 3 is 2.15 bits per heavy atom. The van der Waals surface area contributed by atoms with E-state index in [-0.39, 0.29) is 11.5 Å². The Balaban J connectivity index is 4.57. The van der Waals surface area contributed by atoms with E-state index in [4.69, 9.17) is 10.5 Å². The highest BCUT2D eigenvalue weighted by molar-refractivity contribution is 5.27. The maximum Gasteiger partial charge on any atom is 0.292 e. The van der Waals surface area contributed by atoms with Gasteiger partial charge < -0.3 is 9.47 Å². The van der Waals surface area contributed by atoms with Crippen molar-refractivity contribution < 1.29 is 9.47 Å². The molecule has 0 saturated carbocycles. The third-order valence-electron chi connectivity index (χ3n) is 1.05. The summed E-state index contributed by atoms with van der Waals surface area (Å²) in [5.74, 6) is 0.318. The minimum Gasteiger partial charge on any atom is -0.389 e. The van der Waals surface area contributed by atoms with Gasteiger partial charge in [0.2, 0.25) is 0 Å². The highest BCUT2D eigenvalue weighted by Gasteiger charge is 2.00. The van der Waals surface area contributed by atoms with Crippen LogP contribution in [0.2, 0.25) is 0 Å². The second-order valence-electron chi connectivity index (χ2n) is 2.14. The number of allylic oxidation sites excluding steroid dienone is 2. The molecule has 0 unspecified atom stereocenters. The van der Waals surface area contributed by atoms with Gasteiger partial charge in [-0.05, 0) is 12.5 Å². The van der Waals surface area contributed by atoms with Crippen molar-refractivity contribution in [3.05, 3.63) is 36.3 Å². The zero-order valence-corrected chi connectivity index (χ0v) is 7.20. The first kappa shape index (κ1) is 10.8. The van der Waals surface area contributed by atoms with E-state index in [1.165, 1.54) is 18.6 Å². The quantitative estimate of drug-likeness (QED) is 0.373. The van der Waals surface area contributed by atoms with Crippen LogP contribution in [0.5, 0.6) is 0 Å². The Bertz CT molecular complexity index is 329. The molecule has 0 spiro atoms. The summed E-state index contributed by atoms with van der Waals surface area (Å²) in [6.07, 6.45) is 4.24. The van der Waals surface area contributed by atoms with Gasteiger partial charge in [0, 0.05) is 6.08 Å². The minimum absolute atomic E-state index is 0.0933. The van der Waals surface area contributed by atoms with Gasteiger partial charge in [0.05, 0.1) is 0 Å². The summed E-state index contributed by atoms with van der Waals surface area (Å²) >= 11 is 0. The van der Waals surface area contributed by atoms with Crippen molar-refractivity contribution in [1.82, 2.24) is 0 Å². The highest BCUT2D eigenvalue weighted by atomic mass is 16.5. The number of nitrogens with zero attached hydrogens (tertiary/aromatic N) is 2. The summed E-state index contributed by atoms with van der Waals surface area (Å²) in [6.45, 7) is 8.62. The molecule has 0 aliphatic carbocycles. The molecule has 0 atom stereocenters. The van der Waals surface area contributed by atoms with Crippen molar-refractivity contribution in [2.75, 3.05) is 0 Å². The van der Waals surface area contributed by atoms with E-state index in [0.717, 1.165) is 0 Å². The average molecular weight is 176 g/mol. The first-order chi connectivity index (χ1) is 6.11. The van der Waals surface area contributed by atoms with Crippen molar-refractivity contribution >= 4 is 0 Å². The standard InChI is InChI=1S/C9H8N2O2/c1-7(2)9(13-6-11)4-8(3)12-5-10/h4H,1,3H2,2H3/b9-4+. The third-order valence-corrected chi connectivity index (χ3v) is 1.05. The minimum atomic E-state index is 0.0933. The Morgan fingerprint density at radius 1 is 1.23 bits per heavy atom. The Kier molecular flexibility index (Phi) is 4.53. The lowest BCUT2D eigenvalue weighted by molar-refractivity contribution is 0.365. The van der Waals surface area contributed by atoms with E-state index in [9.17, 15) is 0 Å². The molecule has 4 heteroatoms. The van der Waals surface area contributed by atoms with Gasteiger partial charge in [0.25, 0.3) is 12.5 Å². The molecule has 0 saturated heterocycles. The summed E-state index contributed by atoms with van der Waals surface area (Å²) in [4.78, 5) is 0. The second-order valence-corrected chi connectivity index (χ2v) is 2.14. The van der Waals surface area contributed by atoms with Gasteiger partial charge >= 0.3 is 0 Å². The van der Waals surface area contributed by atoms with Crippen molar-refractivity contribution in [2.24, 2.45) is 0 Å². The van der Waals surface area contributed by atoms with Gasteiger partial charge in [0.15, 0.2) is 0 Å². The predicted octanol–water partition coefficient (Wildman–Crippen LogP) is 1.96. The molecule has 0 N–H and O–H groups in total. The van der Waals surface area contributed by atoms with E-state index in [0.29, 0.717) is 5.57 Å². The fraction of sp³-hybridized carbons (Fsp3) is 0.111. The molecule has 0 radical (unpaired) electrons. The number of ether oxygens (including phenoxy) is 2. The molecule has 0 aromatic heterocycles. The fourth-order valence-electron chi connectivity index (χ4n) is 0.523. The molecular formula is C9H8N2O2. The van der Waals surface area contributed by atoms with Crippen LogP contribution >= 0.6 is 0 Å². The van der Waals surface area contributed by atoms with Crippen LogP contribution in [0.25, 0.3) is 0 Å². The summed E-state index contributed by atoms with van der Waals surface area (Å²) in [6, 6.07) is 0. The Morgan fingerprint density at radius 2 is 1.77 bits per heavy atom. The molecule has 4 nitrogen and oxygen atoms in total. The average Bonchev–Trinajstić information content (AvgIpc) is 2.04. The third kappa shape index (κ3) is 4.28. The van der Waals surface area contributed by atoms with Gasteiger partial charge in [-0.1, -0.05) is 13.2 Å². The first-order valence-electron chi connectivity index (χ1n) is 3.30. The van der Waals surface area contributed by atoms with Gasteiger partial charge in [-0.25, -0.2) is 0 Å². The van der Waals surface area contributed by atoms with Crippen LogP contribution in [0.4, 0.5) is 0 Å². The van der Waals surface area contributed by atoms with E-state index < -0.39 is 0 Å². The molecule has 0 aromatic rings. The predicted molar refractivity (Wildman–Crippen MR) is 45.4 cm³/mol. The molecule has 66 valence electrons. The summed E-state index contributed by atoms with van der Waals surface area (Å²) < 4.78 is 8.91. The van der Waals surface area contributed by atoms with Gasteiger partial charge in [0.1, 0.15) is 11.5 Å². The molecule has 0 aliphatic rings. The van der Waals surface area contributed by atoms with E-state index in [1.807, 2.05) is 0 Å². The molecule has 13 heavy (non-hydrogen) atoms. The first-order valence-corrected chi connectivity index (χ1v) is 3.30. The van der Waals surface area contributed by atoms with Crippen molar-refractivity contribution in [3.8, 4) is 12.5 Å². The number of nitriles is 2. The zero-order chi connectivity index (χ0) is 10.3. The summed E-state index contributed by atoms with van der Waals surface area (Å²) in [5.41, 5.74) is 0.546. The molecule has 0 fully saturated rings. The number of hydrogen-bond donors (Lipinski definition) is 0. The van der Waals surface area contributed by atoms with Crippen LogP contribution in [0.1, 0.15) is 6.92 Å². The molecule has 0 rings (SSSR count). The van der Waals surface area contributed by atoms with Crippen LogP contribution in [0.3, 0.4) is 0 Å². The lowest BCUT2D eigenvalue weighted by Gasteiger charge is -2.01. The van der Waals surface area contributed by atoms with Crippen LogP contribution < -0.4 is 0 Å². The molecule has 0 aromatic carbocycles. The normalized spacial score (nSPS) is 9.31. The van der Waals surface area contributed by atoms with Crippen molar-refractivity contribution in [3.63, 3.8) is 0 Å². The summed E-state index contributed by atoms with van der Waals surface area (Å²) in [7, 11) is 0. The molecule has 0 heterocycles. The molecule has 0 aliphatic heterocycles. The van der Waals surface area contributed by atoms with E-state index in [1.54, 1.807) is 6.92 Å². The monoisotopic (exact) mass is 176 g/mol. The largest absolute Gasteiger partial charge is 0.389 e.